The third kappa shape index (κ3) is 3.75. The molecule has 0 saturated carbocycles. The molecule has 0 amide bonds. The molecule has 0 aliphatic heterocycles. The highest BCUT2D eigenvalue weighted by molar-refractivity contribution is 5.85. The summed E-state index contributed by atoms with van der Waals surface area (Å²) in [6.07, 6.45) is 0. The van der Waals surface area contributed by atoms with E-state index < -0.39 is 0 Å². The number of rotatable bonds is 2. The molecule has 0 aromatic heterocycles. The van der Waals surface area contributed by atoms with Crippen LogP contribution < -0.4 is 0 Å². The molecule has 0 fully saturated rings. The van der Waals surface area contributed by atoms with E-state index in [1.807, 2.05) is 6.07 Å². The van der Waals surface area contributed by atoms with Crippen molar-refractivity contribution in [1.29, 1.82) is 0 Å². The van der Waals surface area contributed by atoms with Gasteiger partial charge in [0, 0.05) is 0 Å². The Morgan fingerprint density at radius 1 is 0.654 bits per heavy atom. The van der Waals surface area contributed by atoms with Crippen molar-refractivity contribution in [2.75, 3.05) is 0 Å². The third-order valence-corrected chi connectivity index (χ3v) is 4.90. The molecule has 26 heavy (non-hydrogen) atoms. The molecule has 0 saturated heterocycles. The summed E-state index contributed by atoms with van der Waals surface area (Å²) >= 11 is 0. The Kier molecular flexibility index (Phi) is 4.80. The Bertz CT molecular complexity index is 887. The second kappa shape index (κ2) is 6.76. The van der Waals surface area contributed by atoms with Gasteiger partial charge in [-0.25, -0.2) is 0 Å². The van der Waals surface area contributed by atoms with Gasteiger partial charge in [-0.1, -0.05) is 108 Å². The molecule has 0 aliphatic carbocycles. The van der Waals surface area contributed by atoms with Crippen molar-refractivity contribution in [3.63, 3.8) is 0 Å². The molecule has 0 bridgehead atoms. The predicted octanol–water partition coefficient (Wildman–Crippen LogP) is 7.42. The summed E-state index contributed by atoms with van der Waals surface area (Å²) in [5.74, 6) is 0. The SMILES string of the molecule is CC(C)(C)c1ccc(-c2ccc[c]c2-c2ccccc2)c(C(C)(C)C)c1. The maximum Gasteiger partial charge on any atom is -0.00265 e. The van der Waals surface area contributed by atoms with Gasteiger partial charge in [0.05, 0.1) is 0 Å². The molecule has 0 unspecified atom stereocenters. The summed E-state index contributed by atoms with van der Waals surface area (Å²) in [6, 6.07) is 27.3. The van der Waals surface area contributed by atoms with Crippen LogP contribution in [0.15, 0.2) is 66.7 Å². The number of hydrogen-bond acceptors (Lipinski definition) is 0. The second-order valence-corrected chi connectivity index (χ2v) is 9.09. The van der Waals surface area contributed by atoms with Crippen molar-refractivity contribution < 1.29 is 0 Å². The van der Waals surface area contributed by atoms with E-state index in [1.54, 1.807) is 0 Å². The lowest BCUT2D eigenvalue weighted by Gasteiger charge is -2.28. The average molecular weight is 342 g/mol. The fourth-order valence-corrected chi connectivity index (χ4v) is 3.37. The Balaban J connectivity index is 2.26. The minimum atomic E-state index is 0.0698. The molecule has 133 valence electrons. The Labute approximate surface area is 158 Å². The minimum absolute atomic E-state index is 0.0698. The fourth-order valence-electron chi connectivity index (χ4n) is 3.37. The van der Waals surface area contributed by atoms with Crippen molar-refractivity contribution in [1.82, 2.24) is 0 Å². The highest BCUT2D eigenvalue weighted by Gasteiger charge is 2.23. The number of benzene rings is 3. The first-order chi connectivity index (χ1) is 12.2. The van der Waals surface area contributed by atoms with Crippen molar-refractivity contribution in [2.24, 2.45) is 0 Å². The van der Waals surface area contributed by atoms with Gasteiger partial charge in [0.15, 0.2) is 0 Å². The molecule has 0 atom stereocenters. The smallest absolute Gasteiger partial charge is 0.00265 e. The summed E-state index contributed by atoms with van der Waals surface area (Å²) in [5.41, 5.74) is 7.92. The quantitative estimate of drug-likeness (QED) is 0.455. The van der Waals surface area contributed by atoms with E-state index in [9.17, 15) is 0 Å². The molecule has 1 radical (unpaired) electrons. The highest BCUT2D eigenvalue weighted by Crippen LogP contribution is 2.40. The van der Waals surface area contributed by atoms with Gasteiger partial charge in [0.2, 0.25) is 0 Å². The molecule has 0 heterocycles. The summed E-state index contributed by atoms with van der Waals surface area (Å²) in [4.78, 5) is 0. The van der Waals surface area contributed by atoms with E-state index in [4.69, 9.17) is 0 Å². The highest BCUT2D eigenvalue weighted by atomic mass is 14.3. The van der Waals surface area contributed by atoms with Crippen LogP contribution in [-0.4, -0.2) is 0 Å². The maximum absolute atomic E-state index is 3.48. The van der Waals surface area contributed by atoms with Crippen LogP contribution >= 0.6 is 0 Å². The van der Waals surface area contributed by atoms with Crippen LogP contribution in [0.5, 0.6) is 0 Å². The lowest BCUT2D eigenvalue weighted by molar-refractivity contribution is 0.570. The fraction of sp³-hybridized carbons (Fsp3) is 0.308. The largest absolute Gasteiger partial charge is 0.0622 e. The minimum Gasteiger partial charge on any atom is -0.0622 e. The summed E-state index contributed by atoms with van der Waals surface area (Å²) < 4.78 is 0. The molecule has 3 aromatic rings. The van der Waals surface area contributed by atoms with Crippen LogP contribution in [0.4, 0.5) is 0 Å². The van der Waals surface area contributed by atoms with Crippen molar-refractivity contribution >= 4 is 0 Å². The Hall–Kier alpha value is -2.34. The molecule has 3 rings (SSSR count). The number of hydrogen-bond donors (Lipinski definition) is 0. The zero-order chi connectivity index (χ0) is 18.9. The third-order valence-electron chi connectivity index (χ3n) is 4.90. The zero-order valence-electron chi connectivity index (χ0n) is 16.9. The normalized spacial score (nSPS) is 12.2. The molecule has 0 spiro atoms. The van der Waals surface area contributed by atoms with Crippen LogP contribution in [0.1, 0.15) is 52.7 Å². The van der Waals surface area contributed by atoms with Crippen molar-refractivity contribution in [2.45, 2.75) is 52.4 Å². The van der Waals surface area contributed by atoms with Gasteiger partial charge in [-0.2, -0.15) is 0 Å². The van der Waals surface area contributed by atoms with E-state index in [0.717, 1.165) is 0 Å². The van der Waals surface area contributed by atoms with Crippen LogP contribution in [-0.2, 0) is 10.8 Å². The molecule has 3 aromatic carbocycles. The van der Waals surface area contributed by atoms with E-state index >= 15 is 0 Å². The second-order valence-electron chi connectivity index (χ2n) is 9.09. The summed E-state index contributed by atoms with van der Waals surface area (Å²) in [5, 5.41) is 0. The van der Waals surface area contributed by atoms with Crippen LogP contribution in [0.3, 0.4) is 0 Å². The van der Waals surface area contributed by atoms with Gasteiger partial charge in [-0.15, -0.1) is 0 Å². The standard InChI is InChI=1S/C26H29/c1-25(2,3)20-16-17-23(24(18-20)26(4,5)6)22-15-11-10-14-21(22)19-12-8-7-9-13-19/h7-13,15-18H,1-6H3. The molecular formula is C26H29. The predicted molar refractivity (Wildman–Crippen MR) is 114 cm³/mol. The van der Waals surface area contributed by atoms with E-state index in [0.29, 0.717) is 0 Å². The maximum atomic E-state index is 3.48. The zero-order valence-corrected chi connectivity index (χ0v) is 16.9. The van der Waals surface area contributed by atoms with Gasteiger partial charge < -0.3 is 0 Å². The first-order valence-corrected chi connectivity index (χ1v) is 9.39. The summed E-state index contributed by atoms with van der Waals surface area (Å²) in [7, 11) is 0. The van der Waals surface area contributed by atoms with Gasteiger partial charge in [-0.05, 0) is 50.3 Å². The Morgan fingerprint density at radius 2 is 1.35 bits per heavy atom. The average Bonchev–Trinajstić information content (AvgIpc) is 2.60. The Morgan fingerprint density at radius 3 is 1.96 bits per heavy atom. The molecule has 0 heteroatoms. The first-order valence-electron chi connectivity index (χ1n) is 9.39. The van der Waals surface area contributed by atoms with Crippen LogP contribution in [0.2, 0.25) is 0 Å². The lowest BCUT2D eigenvalue weighted by atomic mass is 9.76. The van der Waals surface area contributed by atoms with Crippen LogP contribution in [0, 0.1) is 6.07 Å². The van der Waals surface area contributed by atoms with E-state index in [-0.39, 0.29) is 10.8 Å². The van der Waals surface area contributed by atoms with Gasteiger partial charge >= 0.3 is 0 Å². The molecule has 0 aliphatic rings. The van der Waals surface area contributed by atoms with Gasteiger partial charge in [-0.3, -0.25) is 0 Å². The monoisotopic (exact) mass is 341 g/mol. The van der Waals surface area contributed by atoms with Crippen LogP contribution in [0.25, 0.3) is 22.3 Å². The first kappa shape index (κ1) is 18.5. The summed E-state index contributed by atoms with van der Waals surface area (Å²) in [6.45, 7) is 13.7. The molecular weight excluding hydrogens is 312 g/mol. The topological polar surface area (TPSA) is 0 Å². The van der Waals surface area contributed by atoms with Gasteiger partial charge in [0.1, 0.15) is 0 Å². The van der Waals surface area contributed by atoms with E-state index in [2.05, 4.69) is 108 Å². The van der Waals surface area contributed by atoms with Crippen molar-refractivity contribution in [3.05, 3.63) is 83.9 Å². The van der Waals surface area contributed by atoms with Gasteiger partial charge in [0.25, 0.3) is 0 Å². The van der Waals surface area contributed by atoms with E-state index in [1.165, 1.54) is 33.4 Å². The lowest BCUT2D eigenvalue weighted by Crippen LogP contribution is -2.17. The molecule has 0 nitrogen and oxygen atoms in total. The molecule has 0 N–H and O–H groups in total. The van der Waals surface area contributed by atoms with Crippen molar-refractivity contribution in [3.8, 4) is 22.3 Å².